The van der Waals surface area contributed by atoms with Crippen LogP contribution in [-0.2, 0) is 0 Å². The Morgan fingerprint density at radius 3 is 2.92 bits per heavy atom. The Morgan fingerprint density at radius 1 is 1.54 bits per heavy atom. The lowest BCUT2D eigenvalue weighted by Crippen LogP contribution is -2.30. The second-order valence-corrected chi connectivity index (χ2v) is 4.84. The first kappa shape index (κ1) is 11.1. The van der Waals surface area contributed by atoms with Crippen molar-refractivity contribution >= 4 is 11.8 Å². The van der Waals surface area contributed by atoms with Gasteiger partial charge in [0.1, 0.15) is 0 Å². The summed E-state index contributed by atoms with van der Waals surface area (Å²) >= 11 is 2.03. The van der Waals surface area contributed by atoms with Crippen molar-refractivity contribution in [3.8, 4) is 0 Å². The van der Waals surface area contributed by atoms with Gasteiger partial charge < -0.3 is 5.32 Å². The molecule has 2 heteroatoms. The molecule has 1 N–H and O–H groups in total. The van der Waals surface area contributed by atoms with Crippen LogP contribution in [-0.4, -0.2) is 24.6 Å². The number of hydrogen-bond donors (Lipinski definition) is 1. The lowest BCUT2D eigenvalue weighted by atomic mass is 9.95. The van der Waals surface area contributed by atoms with Crippen molar-refractivity contribution in [2.75, 3.05) is 18.6 Å². The fraction of sp³-hybridized carbons (Fsp3) is 0.818. The van der Waals surface area contributed by atoms with Crippen LogP contribution < -0.4 is 5.32 Å². The molecule has 0 aromatic carbocycles. The summed E-state index contributed by atoms with van der Waals surface area (Å²) in [5.74, 6) is 2.46. The molecule has 0 aromatic heterocycles. The predicted octanol–water partition coefficient (Wildman–Crippen LogP) is 2.83. The van der Waals surface area contributed by atoms with Crippen LogP contribution in [0.5, 0.6) is 0 Å². The van der Waals surface area contributed by atoms with Gasteiger partial charge in [-0.1, -0.05) is 18.6 Å². The Morgan fingerprint density at radius 2 is 2.38 bits per heavy atom. The second-order valence-electron chi connectivity index (χ2n) is 3.53. The number of hydrogen-bond acceptors (Lipinski definition) is 2. The Balaban J connectivity index is 2.39. The number of rotatable bonds is 5. The number of nitrogens with one attached hydrogen (secondary N) is 1. The van der Waals surface area contributed by atoms with E-state index < -0.39 is 0 Å². The number of thioether (sulfide) groups is 1. The zero-order chi connectivity index (χ0) is 9.52. The average molecular weight is 199 g/mol. The van der Waals surface area contributed by atoms with Crippen LogP contribution in [0.2, 0.25) is 0 Å². The first-order valence-corrected chi connectivity index (χ1v) is 6.48. The largest absolute Gasteiger partial charge is 0.313 e. The zero-order valence-corrected chi connectivity index (χ0v) is 9.62. The molecule has 0 saturated carbocycles. The quantitative estimate of drug-likeness (QED) is 0.683. The first-order chi connectivity index (χ1) is 6.38. The summed E-state index contributed by atoms with van der Waals surface area (Å²) in [6.45, 7) is 2.23. The molecule has 0 spiro atoms. The lowest BCUT2D eigenvalue weighted by molar-refractivity contribution is 0.608. The second kappa shape index (κ2) is 6.50. The standard InChI is InChI=1S/C11H21NS/c1-3-13-9-11(12-2)10-7-5-4-6-8-10/h7,11-12H,3-6,8-9H2,1-2H3. The maximum Gasteiger partial charge on any atom is 0.0368 e. The summed E-state index contributed by atoms with van der Waals surface area (Å²) in [5, 5.41) is 3.42. The van der Waals surface area contributed by atoms with Gasteiger partial charge in [0.2, 0.25) is 0 Å². The zero-order valence-electron chi connectivity index (χ0n) is 8.81. The van der Waals surface area contributed by atoms with Gasteiger partial charge in [0, 0.05) is 11.8 Å². The molecule has 0 heterocycles. The molecule has 13 heavy (non-hydrogen) atoms. The summed E-state index contributed by atoms with van der Waals surface area (Å²) < 4.78 is 0. The minimum atomic E-state index is 0.630. The van der Waals surface area contributed by atoms with Crippen molar-refractivity contribution in [3.05, 3.63) is 11.6 Å². The Kier molecular flexibility index (Phi) is 5.56. The van der Waals surface area contributed by atoms with Gasteiger partial charge in [0.05, 0.1) is 0 Å². The highest BCUT2D eigenvalue weighted by atomic mass is 32.2. The minimum Gasteiger partial charge on any atom is -0.313 e. The molecule has 1 unspecified atom stereocenters. The fourth-order valence-corrected chi connectivity index (χ4v) is 2.64. The van der Waals surface area contributed by atoms with Crippen LogP contribution in [0.15, 0.2) is 11.6 Å². The highest BCUT2D eigenvalue weighted by Crippen LogP contribution is 2.22. The predicted molar refractivity (Wildman–Crippen MR) is 62.4 cm³/mol. The molecule has 0 saturated heterocycles. The highest BCUT2D eigenvalue weighted by molar-refractivity contribution is 7.99. The van der Waals surface area contributed by atoms with Crippen molar-refractivity contribution in [1.82, 2.24) is 5.32 Å². The maximum atomic E-state index is 3.42. The van der Waals surface area contributed by atoms with Crippen LogP contribution >= 0.6 is 11.8 Å². The van der Waals surface area contributed by atoms with Gasteiger partial charge >= 0.3 is 0 Å². The molecule has 0 bridgehead atoms. The van der Waals surface area contributed by atoms with E-state index in [2.05, 4.69) is 25.4 Å². The summed E-state index contributed by atoms with van der Waals surface area (Å²) in [7, 11) is 2.08. The normalized spacial score (nSPS) is 19.7. The Labute approximate surface area is 86.4 Å². The van der Waals surface area contributed by atoms with Gasteiger partial charge in [0.25, 0.3) is 0 Å². The molecule has 0 fully saturated rings. The summed E-state index contributed by atoms with van der Waals surface area (Å²) in [4.78, 5) is 0. The SMILES string of the molecule is CCSCC(NC)C1=CCCCC1. The summed E-state index contributed by atoms with van der Waals surface area (Å²) in [6, 6.07) is 0.630. The van der Waals surface area contributed by atoms with E-state index in [4.69, 9.17) is 0 Å². The van der Waals surface area contributed by atoms with Crippen molar-refractivity contribution in [2.24, 2.45) is 0 Å². The molecule has 0 radical (unpaired) electrons. The molecular weight excluding hydrogens is 178 g/mol. The minimum absolute atomic E-state index is 0.630. The van der Waals surface area contributed by atoms with Crippen molar-refractivity contribution in [2.45, 2.75) is 38.6 Å². The van der Waals surface area contributed by atoms with E-state index in [1.165, 1.54) is 37.2 Å². The van der Waals surface area contributed by atoms with E-state index >= 15 is 0 Å². The van der Waals surface area contributed by atoms with Crippen LogP contribution in [0, 0.1) is 0 Å². The molecule has 76 valence electrons. The summed E-state index contributed by atoms with van der Waals surface area (Å²) in [5.41, 5.74) is 1.65. The summed E-state index contributed by atoms with van der Waals surface area (Å²) in [6.07, 6.45) is 7.84. The lowest BCUT2D eigenvalue weighted by Gasteiger charge is -2.22. The van der Waals surface area contributed by atoms with Crippen LogP contribution in [0.3, 0.4) is 0 Å². The monoisotopic (exact) mass is 199 g/mol. The molecule has 1 aliphatic carbocycles. The van der Waals surface area contributed by atoms with Gasteiger partial charge in [-0.3, -0.25) is 0 Å². The van der Waals surface area contributed by atoms with E-state index in [0.29, 0.717) is 6.04 Å². The van der Waals surface area contributed by atoms with Crippen molar-refractivity contribution in [1.29, 1.82) is 0 Å². The molecular formula is C11H21NS. The van der Waals surface area contributed by atoms with Gasteiger partial charge in [-0.05, 0) is 38.5 Å². The third-order valence-electron chi connectivity index (χ3n) is 2.61. The Hall–Kier alpha value is 0.0500. The fourth-order valence-electron chi connectivity index (χ4n) is 1.79. The Bertz CT molecular complexity index is 165. The third kappa shape index (κ3) is 3.74. The molecule has 1 aliphatic rings. The van der Waals surface area contributed by atoms with E-state index in [0.717, 1.165) is 0 Å². The van der Waals surface area contributed by atoms with Gasteiger partial charge in [-0.25, -0.2) is 0 Å². The number of allylic oxidation sites excluding steroid dienone is 1. The molecule has 0 amide bonds. The molecule has 1 nitrogen and oxygen atoms in total. The number of likely N-dealkylation sites (N-methyl/N-ethyl adjacent to an activating group) is 1. The van der Waals surface area contributed by atoms with E-state index in [1.54, 1.807) is 5.57 Å². The van der Waals surface area contributed by atoms with Gasteiger partial charge in [0.15, 0.2) is 0 Å². The highest BCUT2D eigenvalue weighted by Gasteiger charge is 2.13. The molecule has 0 aromatic rings. The average Bonchev–Trinajstić information content (AvgIpc) is 2.21. The van der Waals surface area contributed by atoms with E-state index in [-0.39, 0.29) is 0 Å². The topological polar surface area (TPSA) is 12.0 Å². The van der Waals surface area contributed by atoms with E-state index in [9.17, 15) is 0 Å². The molecule has 1 atom stereocenters. The van der Waals surface area contributed by atoms with Crippen LogP contribution in [0.1, 0.15) is 32.6 Å². The van der Waals surface area contributed by atoms with Gasteiger partial charge in [-0.15, -0.1) is 0 Å². The van der Waals surface area contributed by atoms with E-state index in [1.807, 2.05) is 11.8 Å². The first-order valence-electron chi connectivity index (χ1n) is 5.32. The third-order valence-corrected chi connectivity index (χ3v) is 3.59. The molecule has 1 rings (SSSR count). The van der Waals surface area contributed by atoms with Crippen LogP contribution in [0.4, 0.5) is 0 Å². The van der Waals surface area contributed by atoms with Crippen molar-refractivity contribution in [3.63, 3.8) is 0 Å². The van der Waals surface area contributed by atoms with Crippen LogP contribution in [0.25, 0.3) is 0 Å². The maximum absolute atomic E-state index is 3.42. The van der Waals surface area contributed by atoms with Gasteiger partial charge in [-0.2, -0.15) is 11.8 Å². The van der Waals surface area contributed by atoms with Crippen molar-refractivity contribution < 1.29 is 0 Å². The smallest absolute Gasteiger partial charge is 0.0368 e. The molecule has 0 aliphatic heterocycles.